The highest BCUT2D eigenvalue weighted by molar-refractivity contribution is 7.94. The molecule has 0 aromatic heterocycles. The zero-order valence-corrected chi connectivity index (χ0v) is 11.2. The van der Waals surface area contributed by atoms with Crippen molar-refractivity contribution < 1.29 is 22.9 Å². The Bertz CT molecular complexity index is 713. The Morgan fingerprint density at radius 1 is 1.05 bits per heavy atom. The number of halogens is 2. The third-order valence-electron chi connectivity index (χ3n) is 2.56. The summed E-state index contributed by atoms with van der Waals surface area (Å²) in [7, 11) is -4.02. The highest BCUT2D eigenvalue weighted by atomic mass is 32.2. The molecule has 0 saturated heterocycles. The second-order valence-electron chi connectivity index (χ2n) is 4.09. The molecule has 0 atom stereocenters. The molecule has 0 saturated carbocycles. The summed E-state index contributed by atoms with van der Waals surface area (Å²) in [5, 5.41) is 0. The van der Waals surface area contributed by atoms with Crippen molar-refractivity contribution >= 4 is 15.7 Å². The van der Waals surface area contributed by atoms with Crippen LogP contribution in [0.3, 0.4) is 0 Å². The van der Waals surface area contributed by atoms with Gasteiger partial charge in [0, 0.05) is 11.6 Å². The van der Waals surface area contributed by atoms with Crippen LogP contribution in [-0.2, 0) is 16.6 Å². The van der Waals surface area contributed by atoms with Gasteiger partial charge in [0.2, 0.25) is 0 Å². The van der Waals surface area contributed by atoms with E-state index in [1.165, 1.54) is 12.1 Å². The van der Waals surface area contributed by atoms with E-state index in [2.05, 4.69) is 10.5 Å². The highest BCUT2D eigenvalue weighted by Gasteiger charge is 2.07. The second-order valence-corrected chi connectivity index (χ2v) is 5.70. The van der Waals surface area contributed by atoms with Crippen LogP contribution in [-0.4, -0.2) is 8.42 Å². The van der Waals surface area contributed by atoms with E-state index >= 15 is 0 Å². The standard InChI is InChI=1S/C13H11F2N2O2S/c14-10-5-11(15)7-12(6-10)17-20(18,19)13-3-1-2-9(4-13)8-16/h1-7H,8,16H2/q-1/p+1. The van der Waals surface area contributed by atoms with Crippen molar-refractivity contribution in [2.24, 2.45) is 0 Å². The van der Waals surface area contributed by atoms with Gasteiger partial charge in [0.25, 0.3) is 0 Å². The fourth-order valence-corrected chi connectivity index (χ4v) is 2.68. The van der Waals surface area contributed by atoms with Gasteiger partial charge in [-0.05, 0) is 24.3 Å². The molecule has 0 aliphatic rings. The molecule has 0 aliphatic heterocycles. The van der Waals surface area contributed by atoms with Gasteiger partial charge in [0.15, 0.2) is 0 Å². The Labute approximate surface area is 115 Å². The zero-order chi connectivity index (χ0) is 14.8. The van der Waals surface area contributed by atoms with Gasteiger partial charge in [0.05, 0.1) is 11.4 Å². The minimum absolute atomic E-state index is 0.0386. The molecule has 3 N–H and O–H groups in total. The van der Waals surface area contributed by atoms with Crippen LogP contribution in [0.1, 0.15) is 5.56 Å². The molecule has 0 amide bonds. The topological polar surface area (TPSA) is 75.9 Å². The maximum absolute atomic E-state index is 13.0. The van der Waals surface area contributed by atoms with Crippen LogP contribution < -0.4 is 5.73 Å². The quantitative estimate of drug-likeness (QED) is 0.938. The molecular weight excluding hydrogens is 286 g/mol. The smallest absolute Gasteiger partial charge is 0.124 e. The maximum Gasteiger partial charge on any atom is 0.124 e. The van der Waals surface area contributed by atoms with Crippen molar-refractivity contribution in [2.75, 3.05) is 0 Å². The number of benzene rings is 2. The minimum Gasteiger partial charge on any atom is -0.573 e. The predicted octanol–water partition coefficient (Wildman–Crippen LogP) is 2.10. The van der Waals surface area contributed by atoms with Crippen molar-refractivity contribution in [3.63, 3.8) is 0 Å². The summed E-state index contributed by atoms with van der Waals surface area (Å²) in [6, 6.07) is 8.45. The number of rotatable bonds is 4. The predicted molar refractivity (Wildman–Crippen MR) is 69.6 cm³/mol. The SMILES string of the molecule is [NH3+]Cc1cccc(S(=O)(=O)[N-]c2cc(F)cc(F)c2)c1. The summed E-state index contributed by atoms with van der Waals surface area (Å²) in [6.07, 6.45) is 0. The molecule has 106 valence electrons. The van der Waals surface area contributed by atoms with E-state index in [1.54, 1.807) is 12.1 Å². The van der Waals surface area contributed by atoms with Crippen molar-refractivity contribution in [1.29, 1.82) is 0 Å². The van der Waals surface area contributed by atoms with Crippen molar-refractivity contribution in [3.05, 3.63) is 64.4 Å². The lowest BCUT2D eigenvalue weighted by molar-refractivity contribution is -0.386. The molecule has 2 aromatic rings. The van der Waals surface area contributed by atoms with Crippen LogP contribution in [0.5, 0.6) is 0 Å². The first kappa shape index (κ1) is 14.4. The fourth-order valence-electron chi connectivity index (χ4n) is 1.64. The molecule has 2 rings (SSSR count). The Hall–Kier alpha value is -1.99. The molecule has 7 heteroatoms. The van der Waals surface area contributed by atoms with Gasteiger partial charge in [-0.15, -0.1) is 5.69 Å². The molecule has 0 heterocycles. The van der Waals surface area contributed by atoms with E-state index in [0.29, 0.717) is 12.6 Å². The zero-order valence-electron chi connectivity index (χ0n) is 10.4. The maximum atomic E-state index is 13.0. The van der Waals surface area contributed by atoms with Crippen LogP contribution in [0.2, 0.25) is 0 Å². The van der Waals surface area contributed by atoms with Crippen molar-refractivity contribution in [3.8, 4) is 0 Å². The molecule has 0 bridgehead atoms. The van der Waals surface area contributed by atoms with E-state index in [0.717, 1.165) is 17.7 Å². The van der Waals surface area contributed by atoms with E-state index in [4.69, 9.17) is 0 Å². The largest absolute Gasteiger partial charge is 0.573 e. The molecule has 0 fully saturated rings. The number of sulfonamides is 1. The van der Waals surface area contributed by atoms with Crippen LogP contribution >= 0.6 is 0 Å². The van der Waals surface area contributed by atoms with Gasteiger partial charge >= 0.3 is 0 Å². The molecular formula is C13H12F2N2O2S. The average molecular weight is 298 g/mol. The molecule has 0 aliphatic carbocycles. The lowest BCUT2D eigenvalue weighted by Gasteiger charge is -2.22. The first-order chi connectivity index (χ1) is 9.40. The number of hydrogen-bond donors (Lipinski definition) is 1. The summed E-state index contributed by atoms with van der Waals surface area (Å²) in [4.78, 5) is -0.0386. The number of nitrogens with zero attached hydrogens (tertiary/aromatic N) is 1. The monoisotopic (exact) mass is 298 g/mol. The first-order valence-corrected chi connectivity index (χ1v) is 7.17. The Morgan fingerprint density at radius 3 is 2.30 bits per heavy atom. The Morgan fingerprint density at radius 2 is 1.70 bits per heavy atom. The summed E-state index contributed by atoms with van der Waals surface area (Å²) in [5.41, 5.74) is 4.10. The van der Waals surface area contributed by atoms with E-state index in [-0.39, 0.29) is 10.6 Å². The van der Waals surface area contributed by atoms with Crippen LogP contribution in [0.25, 0.3) is 4.72 Å². The van der Waals surface area contributed by atoms with Crippen LogP contribution in [0.4, 0.5) is 14.5 Å². The summed E-state index contributed by atoms with van der Waals surface area (Å²) in [6.45, 7) is 0.429. The van der Waals surface area contributed by atoms with Gasteiger partial charge in [0.1, 0.15) is 21.7 Å². The fraction of sp³-hybridized carbons (Fsp3) is 0.0769. The first-order valence-electron chi connectivity index (χ1n) is 5.73. The summed E-state index contributed by atoms with van der Waals surface area (Å²) >= 11 is 0. The lowest BCUT2D eigenvalue weighted by Crippen LogP contribution is -2.47. The molecule has 4 nitrogen and oxygen atoms in total. The third-order valence-corrected chi connectivity index (χ3v) is 3.86. The van der Waals surface area contributed by atoms with E-state index < -0.39 is 21.7 Å². The number of quaternary nitrogens is 1. The average Bonchev–Trinajstić information content (AvgIpc) is 2.37. The molecule has 0 unspecified atom stereocenters. The van der Waals surface area contributed by atoms with Gasteiger partial charge in [-0.2, -0.15) is 0 Å². The van der Waals surface area contributed by atoms with Gasteiger partial charge in [-0.3, -0.25) is 0 Å². The molecule has 0 radical (unpaired) electrons. The lowest BCUT2D eigenvalue weighted by atomic mass is 10.2. The highest BCUT2D eigenvalue weighted by Crippen LogP contribution is 2.29. The normalized spacial score (nSPS) is 11.3. The summed E-state index contributed by atoms with van der Waals surface area (Å²) in [5.74, 6) is -1.77. The molecule has 2 aromatic carbocycles. The van der Waals surface area contributed by atoms with E-state index in [9.17, 15) is 17.2 Å². The van der Waals surface area contributed by atoms with E-state index in [1.807, 2.05) is 0 Å². The van der Waals surface area contributed by atoms with Gasteiger partial charge in [-0.1, -0.05) is 12.1 Å². The second kappa shape index (κ2) is 5.56. The van der Waals surface area contributed by atoms with Gasteiger partial charge in [-0.25, -0.2) is 17.2 Å². The van der Waals surface area contributed by atoms with Crippen LogP contribution in [0.15, 0.2) is 47.4 Å². The minimum atomic E-state index is -4.02. The van der Waals surface area contributed by atoms with Crippen molar-refractivity contribution in [1.82, 2.24) is 0 Å². The van der Waals surface area contributed by atoms with Crippen LogP contribution in [0, 0.1) is 11.6 Å². The third kappa shape index (κ3) is 3.31. The Balaban J connectivity index is 2.35. The number of hydrogen-bond acceptors (Lipinski definition) is 2. The molecule has 20 heavy (non-hydrogen) atoms. The van der Waals surface area contributed by atoms with Crippen molar-refractivity contribution in [2.45, 2.75) is 11.4 Å². The molecule has 0 spiro atoms. The van der Waals surface area contributed by atoms with Gasteiger partial charge < -0.3 is 10.5 Å². The summed E-state index contributed by atoms with van der Waals surface area (Å²) < 4.78 is 53.6. The Kier molecular flexibility index (Phi) is 4.01.